The number of fused-ring (bicyclic) bond motifs is 2. The molecule has 1 saturated carbocycles. The summed E-state index contributed by atoms with van der Waals surface area (Å²) in [4.78, 5) is 17.3. The Balaban J connectivity index is 1.21. The van der Waals surface area contributed by atoms with Gasteiger partial charge in [0.05, 0.1) is 11.0 Å². The zero-order valence-corrected chi connectivity index (χ0v) is 20.0. The smallest absolute Gasteiger partial charge is 0.223 e. The number of aromatic nitrogens is 2. The van der Waals surface area contributed by atoms with E-state index in [4.69, 9.17) is 4.98 Å². The molecule has 1 heterocycles. The number of imidazole rings is 1. The molecule has 4 heteroatoms. The Morgan fingerprint density at radius 2 is 1.68 bits per heavy atom. The number of amides is 1. The largest absolute Gasteiger partial charge is 0.356 e. The van der Waals surface area contributed by atoms with Crippen molar-refractivity contribution >= 4 is 27.7 Å². The molecule has 4 aromatic rings. The highest BCUT2D eigenvalue weighted by Gasteiger charge is 2.20. The number of hydrogen-bond acceptors (Lipinski definition) is 2. The molecule has 34 heavy (non-hydrogen) atoms. The third-order valence-electron chi connectivity index (χ3n) is 7.29. The van der Waals surface area contributed by atoms with E-state index in [9.17, 15) is 4.79 Å². The Kier molecular flexibility index (Phi) is 7.23. The van der Waals surface area contributed by atoms with Crippen molar-refractivity contribution in [2.75, 3.05) is 6.54 Å². The molecule has 1 aliphatic carbocycles. The number of hydrogen-bond donors (Lipinski definition) is 1. The van der Waals surface area contributed by atoms with Crippen LogP contribution in [0.2, 0.25) is 0 Å². The maximum Gasteiger partial charge on any atom is 0.223 e. The predicted octanol–water partition coefficient (Wildman–Crippen LogP) is 6.65. The van der Waals surface area contributed by atoms with Crippen LogP contribution in [0.4, 0.5) is 0 Å². The standard InChI is InChI=1S/C30H35N3O/c34-30(24-13-3-1-4-14-24)31-21-10-2-5-20-29-32-27-18-8-9-19-28(27)33(29)22-25-16-11-15-23-12-6-7-17-26(23)25/h6-9,11-12,15-19,24H,1-5,10,13-14,20-22H2,(H,31,34). The molecule has 0 atom stereocenters. The van der Waals surface area contributed by atoms with Gasteiger partial charge in [-0.2, -0.15) is 0 Å². The van der Waals surface area contributed by atoms with E-state index in [1.165, 1.54) is 41.1 Å². The van der Waals surface area contributed by atoms with Crippen LogP contribution in [0, 0.1) is 5.92 Å². The molecule has 3 aromatic carbocycles. The zero-order chi connectivity index (χ0) is 23.2. The second kappa shape index (κ2) is 10.9. The molecule has 0 aliphatic heterocycles. The lowest BCUT2D eigenvalue weighted by Gasteiger charge is -2.20. The lowest BCUT2D eigenvalue weighted by Crippen LogP contribution is -2.32. The number of nitrogens with zero attached hydrogens (tertiary/aromatic N) is 2. The molecule has 0 saturated heterocycles. The number of carbonyl (C=O) groups excluding carboxylic acids is 1. The van der Waals surface area contributed by atoms with Gasteiger partial charge in [0.2, 0.25) is 5.91 Å². The monoisotopic (exact) mass is 453 g/mol. The number of carbonyl (C=O) groups is 1. The summed E-state index contributed by atoms with van der Waals surface area (Å²) in [5, 5.41) is 5.76. The third kappa shape index (κ3) is 5.16. The third-order valence-corrected chi connectivity index (χ3v) is 7.29. The number of rotatable bonds is 9. The van der Waals surface area contributed by atoms with Crippen LogP contribution in [-0.2, 0) is 17.8 Å². The molecule has 0 spiro atoms. The minimum absolute atomic E-state index is 0.253. The number of benzene rings is 3. The zero-order valence-electron chi connectivity index (χ0n) is 20.0. The van der Waals surface area contributed by atoms with E-state index in [0.717, 1.165) is 63.0 Å². The van der Waals surface area contributed by atoms with Crippen molar-refractivity contribution in [1.82, 2.24) is 14.9 Å². The van der Waals surface area contributed by atoms with Crippen molar-refractivity contribution in [1.29, 1.82) is 0 Å². The van der Waals surface area contributed by atoms with E-state index in [1.54, 1.807) is 0 Å². The van der Waals surface area contributed by atoms with E-state index in [2.05, 4.69) is 76.6 Å². The summed E-state index contributed by atoms with van der Waals surface area (Å²) < 4.78 is 2.39. The summed E-state index contributed by atoms with van der Waals surface area (Å²) >= 11 is 0. The van der Waals surface area contributed by atoms with E-state index in [1.807, 2.05) is 0 Å². The van der Waals surface area contributed by atoms with Crippen molar-refractivity contribution in [3.8, 4) is 0 Å². The molecule has 1 N–H and O–H groups in total. The van der Waals surface area contributed by atoms with Crippen molar-refractivity contribution in [2.45, 2.75) is 64.3 Å². The van der Waals surface area contributed by atoms with Crippen LogP contribution < -0.4 is 5.32 Å². The SMILES string of the molecule is O=C(NCCCCCc1nc2ccccc2n1Cc1cccc2ccccc12)C1CCCCC1. The lowest BCUT2D eigenvalue weighted by atomic mass is 9.89. The highest BCUT2D eigenvalue weighted by molar-refractivity contribution is 5.86. The summed E-state index contributed by atoms with van der Waals surface area (Å²) in [5.74, 6) is 1.68. The fourth-order valence-corrected chi connectivity index (χ4v) is 5.40. The van der Waals surface area contributed by atoms with Gasteiger partial charge >= 0.3 is 0 Å². The normalized spacial score (nSPS) is 14.6. The first-order valence-corrected chi connectivity index (χ1v) is 13.0. The average Bonchev–Trinajstić information content (AvgIpc) is 3.24. The minimum Gasteiger partial charge on any atom is -0.356 e. The van der Waals surface area contributed by atoms with Gasteiger partial charge in [-0.3, -0.25) is 4.79 Å². The molecule has 1 amide bonds. The molecule has 0 unspecified atom stereocenters. The van der Waals surface area contributed by atoms with E-state index in [-0.39, 0.29) is 11.8 Å². The number of para-hydroxylation sites is 2. The summed E-state index contributed by atoms with van der Waals surface area (Å²) in [6, 6.07) is 23.6. The van der Waals surface area contributed by atoms with Gasteiger partial charge in [-0.25, -0.2) is 4.98 Å². The van der Waals surface area contributed by atoms with Crippen LogP contribution >= 0.6 is 0 Å². The van der Waals surface area contributed by atoms with Crippen molar-refractivity contribution < 1.29 is 4.79 Å². The van der Waals surface area contributed by atoms with Gasteiger partial charge in [0.15, 0.2) is 0 Å². The quantitative estimate of drug-likeness (QED) is 0.289. The highest BCUT2D eigenvalue weighted by Crippen LogP contribution is 2.25. The first kappa shape index (κ1) is 22.6. The van der Waals surface area contributed by atoms with Crippen LogP contribution in [0.1, 0.15) is 62.8 Å². The molecule has 1 fully saturated rings. The Labute approximate surface area is 202 Å². The summed E-state index contributed by atoms with van der Waals surface area (Å²) in [6.07, 6.45) is 10.0. The Bertz CT molecular complexity index is 1250. The minimum atomic E-state index is 0.253. The molecule has 4 nitrogen and oxygen atoms in total. The van der Waals surface area contributed by atoms with Gasteiger partial charge in [-0.15, -0.1) is 0 Å². The molecular formula is C30H35N3O. The second-order valence-corrected chi connectivity index (χ2v) is 9.68. The summed E-state index contributed by atoms with van der Waals surface area (Å²) in [5.41, 5.74) is 3.59. The lowest BCUT2D eigenvalue weighted by molar-refractivity contribution is -0.125. The molecular weight excluding hydrogens is 418 g/mol. The second-order valence-electron chi connectivity index (χ2n) is 9.68. The molecule has 5 rings (SSSR count). The van der Waals surface area contributed by atoms with Crippen LogP contribution in [-0.4, -0.2) is 22.0 Å². The molecule has 1 aromatic heterocycles. The Hall–Kier alpha value is -3.14. The van der Waals surface area contributed by atoms with E-state index in [0.29, 0.717) is 0 Å². The molecule has 176 valence electrons. The van der Waals surface area contributed by atoms with Gasteiger partial charge in [0.1, 0.15) is 5.82 Å². The van der Waals surface area contributed by atoms with Gasteiger partial charge in [-0.1, -0.05) is 80.3 Å². The molecule has 0 radical (unpaired) electrons. The van der Waals surface area contributed by atoms with Crippen molar-refractivity contribution in [2.24, 2.45) is 5.92 Å². The van der Waals surface area contributed by atoms with Crippen LogP contribution in [0.15, 0.2) is 66.7 Å². The van der Waals surface area contributed by atoms with E-state index < -0.39 is 0 Å². The summed E-state index contributed by atoms with van der Waals surface area (Å²) in [7, 11) is 0. The topological polar surface area (TPSA) is 46.9 Å². The average molecular weight is 454 g/mol. The first-order valence-electron chi connectivity index (χ1n) is 13.0. The first-order chi connectivity index (χ1) is 16.8. The number of nitrogens with one attached hydrogen (secondary N) is 1. The Morgan fingerprint density at radius 1 is 0.882 bits per heavy atom. The highest BCUT2D eigenvalue weighted by atomic mass is 16.1. The number of aryl methyl sites for hydroxylation is 1. The van der Waals surface area contributed by atoms with Gasteiger partial charge in [0, 0.05) is 25.4 Å². The maximum absolute atomic E-state index is 12.3. The van der Waals surface area contributed by atoms with E-state index >= 15 is 0 Å². The van der Waals surface area contributed by atoms with Crippen molar-refractivity contribution in [3.63, 3.8) is 0 Å². The fourth-order valence-electron chi connectivity index (χ4n) is 5.40. The van der Waals surface area contributed by atoms with Crippen molar-refractivity contribution in [3.05, 3.63) is 78.1 Å². The predicted molar refractivity (Wildman–Crippen MR) is 140 cm³/mol. The van der Waals surface area contributed by atoms with Crippen LogP contribution in [0.3, 0.4) is 0 Å². The van der Waals surface area contributed by atoms with Gasteiger partial charge < -0.3 is 9.88 Å². The molecule has 0 bridgehead atoms. The van der Waals surface area contributed by atoms with Gasteiger partial charge in [0.25, 0.3) is 0 Å². The van der Waals surface area contributed by atoms with Crippen LogP contribution in [0.25, 0.3) is 21.8 Å². The molecule has 1 aliphatic rings. The van der Waals surface area contributed by atoms with Crippen LogP contribution in [0.5, 0.6) is 0 Å². The summed E-state index contributed by atoms with van der Waals surface area (Å²) in [6.45, 7) is 1.62. The van der Waals surface area contributed by atoms with Gasteiger partial charge in [-0.05, 0) is 54.2 Å². The maximum atomic E-state index is 12.3. The fraction of sp³-hybridized carbons (Fsp3) is 0.400. The Morgan fingerprint density at radius 3 is 2.59 bits per heavy atom. The number of unbranched alkanes of at least 4 members (excludes halogenated alkanes) is 2.